The van der Waals surface area contributed by atoms with Crippen LogP contribution in [-0.4, -0.2) is 36.6 Å². The number of nitro groups is 1. The van der Waals surface area contributed by atoms with Gasteiger partial charge in [0.25, 0.3) is 11.6 Å². The van der Waals surface area contributed by atoms with Gasteiger partial charge in [-0.2, -0.15) is 4.31 Å². The highest BCUT2D eigenvalue weighted by molar-refractivity contribution is 7.89. The number of halogens is 2. The Morgan fingerprint density at radius 1 is 1.10 bits per heavy atom. The molecular formula is C20H21Cl2N3O5S. The highest BCUT2D eigenvalue weighted by Gasteiger charge is 2.30. The first-order chi connectivity index (χ1) is 14.6. The molecule has 0 spiro atoms. The number of hydrogen-bond acceptors (Lipinski definition) is 5. The molecule has 0 heterocycles. The summed E-state index contributed by atoms with van der Waals surface area (Å²) in [5.74, 6) is -0.695. The van der Waals surface area contributed by atoms with Gasteiger partial charge in [-0.1, -0.05) is 42.5 Å². The van der Waals surface area contributed by atoms with E-state index in [0.717, 1.165) is 38.2 Å². The quantitative estimate of drug-likeness (QED) is 0.451. The van der Waals surface area contributed by atoms with Gasteiger partial charge in [0.05, 0.1) is 20.4 Å². The van der Waals surface area contributed by atoms with Crippen molar-refractivity contribution in [1.82, 2.24) is 4.31 Å². The van der Waals surface area contributed by atoms with E-state index in [1.807, 2.05) is 0 Å². The average Bonchev–Trinajstić information content (AvgIpc) is 2.75. The maximum atomic E-state index is 13.1. The molecule has 2 aromatic carbocycles. The van der Waals surface area contributed by atoms with E-state index in [1.54, 1.807) is 7.05 Å². The smallest absolute Gasteiger partial charge is 0.289 e. The van der Waals surface area contributed by atoms with E-state index in [9.17, 15) is 23.3 Å². The summed E-state index contributed by atoms with van der Waals surface area (Å²) in [7, 11) is -2.27. The van der Waals surface area contributed by atoms with Crippen molar-refractivity contribution >= 4 is 50.5 Å². The van der Waals surface area contributed by atoms with Crippen molar-refractivity contribution in [3.63, 3.8) is 0 Å². The largest absolute Gasteiger partial charge is 0.322 e. The van der Waals surface area contributed by atoms with Crippen LogP contribution in [0, 0.1) is 10.1 Å². The average molecular weight is 486 g/mol. The molecule has 11 heteroatoms. The van der Waals surface area contributed by atoms with Crippen molar-refractivity contribution in [1.29, 1.82) is 0 Å². The minimum absolute atomic E-state index is 0.0442. The number of nitrogens with zero attached hydrogens (tertiary/aromatic N) is 2. The van der Waals surface area contributed by atoms with E-state index in [-0.39, 0.29) is 37.9 Å². The lowest BCUT2D eigenvalue weighted by molar-refractivity contribution is -0.384. The molecule has 1 aliphatic rings. The van der Waals surface area contributed by atoms with Gasteiger partial charge < -0.3 is 5.32 Å². The molecule has 0 bridgehead atoms. The van der Waals surface area contributed by atoms with E-state index in [2.05, 4.69) is 5.32 Å². The third-order valence-corrected chi connectivity index (χ3v) is 7.90. The van der Waals surface area contributed by atoms with Gasteiger partial charge in [0, 0.05) is 24.8 Å². The van der Waals surface area contributed by atoms with Gasteiger partial charge >= 0.3 is 0 Å². The van der Waals surface area contributed by atoms with Crippen LogP contribution >= 0.6 is 23.2 Å². The number of benzene rings is 2. The number of rotatable bonds is 6. The van der Waals surface area contributed by atoms with Gasteiger partial charge in [-0.3, -0.25) is 14.9 Å². The summed E-state index contributed by atoms with van der Waals surface area (Å²) in [6.07, 6.45) is 4.65. The maximum Gasteiger partial charge on any atom is 0.289 e. The lowest BCUT2D eigenvalue weighted by Gasteiger charge is -2.30. The van der Waals surface area contributed by atoms with E-state index in [0.29, 0.717) is 0 Å². The third kappa shape index (κ3) is 5.17. The monoisotopic (exact) mass is 485 g/mol. The van der Waals surface area contributed by atoms with Gasteiger partial charge in [-0.05, 0) is 43.2 Å². The molecule has 1 saturated carbocycles. The van der Waals surface area contributed by atoms with Crippen LogP contribution in [0.4, 0.5) is 11.4 Å². The Balaban J connectivity index is 1.87. The number of nitrogens with one attached hydrogen (secondary N) is 1. The maximum absolute atomic E-state index is 13.1. The molecule has 3 rings (SSSR count). The van der Waals surface area contributed by atoms with E-state index in [1.165, 1.54) is 34.6 Å². The van der Waals surface area contributed by atoms with Gasteiger partial charge in [0.2, 0.25) is 10.0 Å². The highest BCUT2D eigenvalue weighted by atomic mass is 35.5. The fourth-order valence-corrected chi connectivity index (χ4v) is 5.41. The lowest BCUT2D eigenvalue weighted by atomic mass is 9.96. The van der Waals surface area contributed by atoms with Crippen LogP contribution in [0.5, 0.6) is 0 Å². The standard InChI is InChI=1S/C20H21Cl2N3O5S/c1-24(14-5-3-2-4-6-14)31(29,30)15-8-10-17(21)16(12-15)20(26)23-13-7-9-18(22)19(11-13)25(27)28/h7-12,14H,2-6H2,1H3,(H,23,26). The number of nitro benzene ring substituents is 1. The summed E-state index contributed by atoms with van der Waals surface area (Å²) >= 11 is 11.9. The molecule has 1 amide bonds. The van der Waals surface area contributed by atoms with Crippen molar-refractivity contribution in [3.8, 4) is 0 Å². The predicted octanol–water partition coefficient (Wildman–Crippen LogP) is 5.11. The first-order valence-electron chi connectivity index (χ1n) is 9.64. The van der Waals surface area contributed by atoms with Crippen molar-refractivity contribution < 1.29 is 18.1 Å². The molecule has 1 N–H and O–H groups in total. The number of sulfonamides is 1. The number of anilines is 1. The fraction of sp³-hybridized carbons (Fsp3) is 0.350. The fourth-order valence-electron chi connectivity index (χ4n) is 3.57. The first-order valence-corrected chi connectivity index (χ1v) is 11.8. The summed E-state index contributed by atoms with van der Waals surface area (Å²) < 4.78 is 27.5. The topological polar surface area (TPSA) is 110 Å². The molecule has 8 nitrogen and oxygen atoms in total. The Bertz CT molecular complexity index is 1120. The summed E-state index contributed by atoms with van der Waals surface area (Å²) in [6.45, 7) is 0. The Kier molecular flexibility index (Phi) is 7.20. The van der Waals surface area contributed by atoms with E-state index < -0.39 is 20.9 Å². The first kappa shape index (κ1) is 23.5. The minimum atomic E-state index is -3.82. The summed E-state index contributed by atoms with van der Waals surface area (Å²) in [5.41, 5.74) is -0.293. The minimum Gasteiger partial charge on any atom is -0.322 e. The van der Waals surface area contributed by atoms with Crippen LogP contribution in [0.2, 0.25) is 10.0 Å². The van der Waals surface area contributed by atoms with Crippen molar-refractivity contribution in [2.24, 2.45) is 0 Å². The summed E-state index contributed by atoms with van der Waals surface area (Å²) in [5, 5.41) is 13.5. The normalized spacial score (nSPS) is 15.1. The van der Waals surface area contributed by atoms with Gasteiger partial charge in [0.15, 0.2) is 0 Å². The second kappa shape index (κ2) is 9.52. The van der Waals surface area contributed by atoms with E-state index >= 15 is 0 Å². The second-order valence-electron chi connectivity index (χ2n) is 7.33. The molecule has 0 saturated heterocycles. The summed E-state index contributed by atoms with van der Waals surface area (Å²) in [6, 6.07) is 7.66. The molecule has 0 unspecified atom stereocenters. The zero-order valence-corrected chi connectivity index (χ0v) is 19.0. The van der Waals surface area contributed by atoms with Crippen LogP contribution in [0.1, 0.15) is 42.5 Å². The Morgan fingerprint density at radius 2 is 1.74 bits per heavy atom. The third-order valence-electron chi connectivity index (χ3n) is 5.35. The summed E-state index contributed by atoms with van der Waals surface area (Å²) in [4.78, 5) is 23.1. The van der Waals surface area contributed by atoms with Crippen LogP contribution in [0.3, 0.4) is 0 Å². The number of carbonyl (C=O) groups excluding carboxylic acids is 1. The molecular weight excluding hydrogens is 465 g/mol. The molecule has 31 heavy (non-hydrogen) atoms. The molecule has 0 atom stereocenters. The van der Waals surface area contributed by atoms with Crippen LogP contribution < -0.4 is 5.32 Å². The molecule has 0 radical (unpaired) electrons. The Morgan fingerprint density at radius 3 is 2.39 bits per heavy atom. The molecule has 1 fully saturated rings. The van der Waals surface area contributed by atoms with Crippen LogP contribution in [0.15, 0.2) is 41.3 Å². The molecule has 166 valence electrons. The molecule has 2 aromatic rings. The van der Waals surface area contributed by atoms with Crippen molar-refractivity contribution in [2.45, 2.75) is 43.0 Å². The highest BCUT2D eigenvalue weighted by Crippen LogP contribution is 2.30. The van der Waals surface area contributed by atoms with Gasteiger partial charge in [-0.25, -0.2) is 8.42 Å². The predicted molar refractivity (Wildman–Crippen MR) is 119 cm³/mol. The molecule has 0 aromatic heterocycles. The zero-order valence-electron chi connectivity index (χ0n) is 16.7. The van der Waals surface area contributed by atoms with Gasteiger partial charge in [0.1, 0.15) is 5.02 Å². The van der Waals surface area contributed by atoms with E-state index in [4.69, 9.17) is 23.2 Å². The number of carbonyl (C=O) groups is 1. The zero-order chi connectivity index (χ0) is 22.8. The van der Waals surface area contributed by atoms with Crippen LogP contribution in [0.25, 0.3) is 0 Å². The van der Waals surface area contributed by atoms with Crippen molar-refractivity contribution in [3.05, 3.63) is 62.1 Å². The van der Waals surface area contributed by atoms with Crippen molar-refractivity contribution in [2.75, 3.05) is 12.4 Å². The van der Waals surface area contributed by atoms with Gasteiger partial charge in [-0.15, -0.1) is 0 Å². The Hall–Kier alpha value is -2.20. The number of amides is 1. The second-order valence-corrected chi connectivity index (χ2v) is 10.1. The SMILES string of the molecule is CN(C1CCCCC1)S(=O)(=O)c1ccc(Cl)c(C(=O)Nc2ccc(Cl)c([N+](=O)[O-])c2)c1. The van der Waals surface area contributed by atoms with Crippen LogP contribution in [-0.2, 0) is 10.0 Å². The number of hydrogen-bond donors (Lipinski definition) is 1. The molecule has 1 aliphatic carbocycles. The molecule has 0 aliphatic heterocycles. The Labute approximate surface area is 190 Å². The lowest BCUT2D eigenvalue weighted by Crippen LogP contribution is -2.38.